The first-order chi connectivity index (χ1) is 6.74. The first-order valence-electron chi connectivity index (χ1n) is 4.62. The molecule has 2 heterocycles. The lowest BCUT2D eigenvalue weighted by Crippen LogP contribution is -2.20. The number of hydrogen-bond donors (Lipinski definition) is 1. The first-order valence-corrected chi connectivity index (χ1v) is 5.00. The minimum atomic E-state index is 0. The predicted octanol–water partition coefficient (Wildman–Crippen LogP) is 1.60. The highest BCUT2D eigenvalue weighted by Crippen LogP contribution is 2.14. The summed E-state index contributed by atoms with van der Waals surface area (Å²) in [6.45, 7) is 3.71. The largest absolute Gasteiger partial charge is 0.459 e. The Hall–Kier alpha value is -0.580. The lowest BCUT2D eigenvalue weighted by molar-refractivity contribution is 0.204. The summed E-state index contributed by atoms with van der Waals surface area (Å²) in [5.74, 6) is 0. The van der Waals surface area contributed by atoms with Crippen molar-refractivity contribution < 1.29 is 4.74 Å². The van der Waals surface area contributed by atoms with Gasteiger partial charge in [0.2, 0.25) is 0 Å². The fourth-order valence-corrected chi connectivity index (χ4v) is 1.66. The van der Waals surface area contributed by atoms with E-state index >= 15 is 0 Å². The minimum absolute atomic E-state index is 0. The zero-order chi connectivity index (χ0) is 9.97. The van der Waals surface area contributed by atoms with Crippen molar-refractivity contribution in [1.82, 2.24) is 15.3 Å². The molecule has 0 aromatic carbocycles. The zero-order valence-corrected chi connectivity index (χ0v) is 9.94. The van der Waals surface area contributed by atoms with E-state index in [1.54, 1.807) is 6.07 Å². The van der Waals surface area contributed by atoms with E-state index in [1.807, 2.05) is 6.92 Å². The third-order valence-corrected chi connectivity index (χ3v) is 2.28. The monoisotopic (exact) mass is 249 g/mol. The van der Waals surface area contributed by atoms with Crippen molar-refractivity contribution >= 4 is 24.0 Å². The number of aryl methyl sites for hydroxylation is 1. The minimum Gasteiger partial charge on any atom is -0.459 e. The summed E-state index contributed by atoms with van der Waals surface area (Å²) in [4.78, 5) is 8.15. The molecule has 0 saturated carbocycles. The number of ether oxygens (including phenoxy) is 1. The molecular formula is C9H13Cl2N3O. The fourth-order valence-electron chi connectivity index (χ4n) is 1.43. The Labute approximate surface area is 99.8 Å². The van der Waals surface area contributed by atoms with E-state index < -0.39 is 0 Å². The van der Waals surface area contributed by atoms with Crippen LogP contribution >= 0.6 is 24.0 Å². The Morgan fingerprint density at radius 3 is 2.93 bits per heavy atom. The molecule has 1 saturated heterocycles. The van der Waals surface area contributed by atoms with Crippen LogP contribution in [0.15, 0.2) is 6.07 Å². The molecular weight excluding hydrogens is 237 g/mol. The third kappa shape index (κ3) is 3.48. The zero-order valence-electron chi connectivity index (χ0n) is 8.36. The van der Waals surface area contributed by atoms with Crippen LogP contribution in [0.2, 0.25) is 5.15 Å². The maximum absolute atomic E-state index is 5.79. The summed E-state index contributed by atoms with van der Waals surface area (Å²) in [5.41, 5.74) is 0.825. The Morgan fingerprint density at radius 2 is 2.33 bits per heavy atom. The van der Waals surface area contributed by atoms with Crippen LogP contribution in [0, 0.1) is 6.92 Å². The molecule has 1 aromatic heterocycles. The van der Waals surface area contributed by atoms with Crippen molar-refractivity contribution in [3.05, 3.63) is 16.9 Å². The van der Waals surface area contributed by atoms with Gasteiger partial charge in [0.05, 0.1) is 0 Å². The fraction of sp³-hybridized carbons (Fsp3) is 0.556. The van der Waals surface area contributed by atoms with Crippen LogP contribution in [0.4, 0.5) is 0 Å². The normalized spacial score (nSPS) is 19.7. The van der Waals surface area contributed by atoms with Gasteiger partial charge in [0.1, 0.15) is 11.3 Å². The summed E-state index contributed by atoms with van der Waals surface area (Å²) in [5, 5.41) is 3.64. The second-order valence-corrected chi connectivity index (χ2v) is 3.73. The molecule has 4 nitrogen and oxygen atoms in total. The number of nitrogens with zero attached hydrogens (tertiary/aromatic N) is 2. The molecule has 1 N–H and O–H groups in total. The van der Waals surface area contributed by atoms with E-state index in [-0.39, 0.29) is 18.5 Å². The van der Waals surface area contributed by atoms with Crippen LogP contribution in [-0.4, -0.2) is 29.2 Å². The molecule has 0 spiro atoms. The van der Waals surface area contributed by atoms with E-state index in [2.05, 4.69) is 15.3 Å². The van der Waals surface area contributed by atoms with E-state index in [1.165, 1.54) is 0 Å². The molecule has 15 heavy (non-hydrogen) atoms. The number of nitrogens with one attached hydrogen (secondary N) is 1. The summed E-state index contributed by atoms with van der Waals surface area (Å²) in [6.07, 6.45) is 1.17. The summed E-state index contributed by atoms with van der Waals surface area (Å²) in [7, 11) is 0. The molecule has 0 radical (unpaired) electrons. The van der Waals surface area contributed by atoms with E-state index in [9.17, 15) is 0 Å². The van der Waals surface area contributed by atoms with Crippen LogP contribution in [0.25, 0.3) is 0 Å². The molecule has 1 aliphatic heterocycles. The predicted molar refractivity (Wildman–Crippen MR) is 60.9 cm³/mol. The molecule has 0 bridgehead atoms. The van der Waals surface area contributed by atoms with E-state index in [4.69, 9.17) is 16.3 Å². The van der Waals surface area contributed by atoms with Crippen LogP contribution in [0.3, 0.4) is 0 Å². The Bertz CT molecular complexity index is 309. The molecule has 1 aromatic rings. The van der Waals surface area contributed by atoms with Crippen molar-refractivity contribution in [2.24, 2.45) is 0 Å². The molecule has 0 unspecified atom stereocenters. The second kappa shape index (κ2) is 5.49. The topological polar surface area (TPSA) is 47.0 Å². The Balaban J connectivity index is 0.00000112. The molecule has 1 atom stereocenters. The quantitative estimate of drug-likeness (QED) is 0.810. The highest BCUT2D eigenvalue weighted by Gasteiger charge is 2.17. The maximum atomic E-state index is 5.79. The molecule has 84 valence electrons. The van der Waals surface area contributed by atoms with Crippen LogP contribution in [0.5, 0.6) is 6.01 Å². The van der Waals surface area contributed by atoms with Gasteiger partial charge in [-0.05, 0) is 26.0 Å². The van der Waals surface area contributed by atoms with Gasteiger partial charge < -0.3 is 10.1 Å². The Morgan fingerprint density at radius 1 is 1.53 bits per heavy atom. The van der Waals surface area contributed by atoms with Crippen molar-refractivity contribution in [2.45, 2.75) is 19.4 Å². The van der Waals surface area contributed by atoms with Crippen molar-refractivity contribution in [2.75, 3.05) is 13.1 Å². The van der Waals surface area contributed by atoms with Gasteiger partial charge in [-0.15, -0.1) is 12.4 Å². The van der Waals surface area contributed by atoms with Gasteiger partial charge in [-0.2, -0.15) is 4.98 Å². The van der Waals surface area contributed by atoms with E-state index in [0.717, 1.165) is 25.2 Å². The lowest BCUT2D eigenvalue weighted by Gasteiger charge is -2.10. The van der Waals surface area contributed by atoms with Crippen LogP contribution in [-0.2, 0) is 0 Å². The number of aromatic nitrogens is 2. The molecule has 0 amide bonds. The van der Waals surface area contributed by atoms with Gasteiger partial charge in [0, 0.05) is 12.2 Å². The van der Waals surface area contributed by atoms with Crippen LogP contribution < -0.4 is 10.1 Å². The van der Waals surface area contributed by atoms with Crippen molar-refractivity contribution in [3.63, 3.8) is 0 Å². The van der Waals surface area contributed by atoms with Gasteiger partial charge >= 0.3 is 6.01 Å². The Kier molecular flexibility index (Phi) is 4.57. The molecule has 1 aliphatic rings. The highest BCUT2D eigenvalue weighted by molar-refractivity contribution is 6.29. The summed E-state index contributed by atoms with van der Waals surface area (Å²) in [6, 6.07) is 2.09. The average Bonchev–Trinajstić information content (AvgIpc) is 2.54. The number of halogens is 2. The van der Waals surface area contributed by atoms with Gasteiger partial charge in [-0.3, -0.25) is 0 Å². The number of hydrogen-bond acceptors (Lipinski definition) is 4. The van der Waals surface area contributed by atoms with Crippen LogP contribution in [0.1, 0.15) is 12.1 Å². The smallest absolute Gasteiger partial charge is 0.318 e. The summed E-state index contributed by atoms with van der Waals surface area (Å²) >= 11 is 5.79. The first kappa shape index (κ1) is 12.5. The molecule has 2 rings (SSSR count). The SMILES string of the molecule is Cc1cc(Cl)nc(O[C@@H]2CCNC2)n1.Cl. The highest BCUT2D eigenvalue weighted by atomic mass is 35.5. The average molecular weight is 250 g/mol. The van der Waals surface area contributed by atoms with Gasteiger partial charge in [0.15, 0.2) is 0 Å². The molecule has 1 fully saturated rings. The van der Waals surface area contributed by atoms with Crippen molar-refractivity contribution in [1.29, 1.82) is 0 Å². The number of rotatable bonds is 2. The van der Waals surface area contributed by atoms with Gasteiger partial charge in [0.25, 0.3) is 0 Å². The van der Waals surface area contributed by atoms with Crippen molar-refractivity contribution in [3.8, 4) is 6.01 Å². The van der Waals surface area contributed by atoms with Gasteiger partial charge in [-0.1, -0.05) is 11.6 Å². The molecule has 6 heteroatoms. The van der Waals surface area contributed by atoms with E-state index in [0.29, 0.717) is 11.2 Å². The molecule has 0 aliphatic carbocycles. The van der Waals surface area contributed by atoms with Gasteiger partial charge in [-0.25, -0.2) is 4.98 Å². The second-order valence-electron chi connectivity index (χ2n) is 3.35. The standard InChI is InChI=1S/C9H12ClN3O.ClH/c1-6-4-8(10)13-9(12-6)14-7-2-3-11-5-7;/h4,7,11H,2-3,5H2,1H3;1H/t7-;/m1./s1. The maximum Gasteiger partial charge on any atom is 0.318 e. The summed E-state index contributed by atoms with van der Waals surface area (Å²) < 4.78 is 5.57. The lowest BCUT2D eigenvalue weighted by atomic mass is 10.3. The third-order valence-electron chi connectivity index (χ3n) is 2.09.